The number of hydrogen-bond acceptors (Lipinski definition) is 11. The van der Waals surface area contributed by atoms with Crippen molar-refractivity contribution in [1.29, 1.82) is 0 Å². The molecule has 43 heavy (non-hydrogen) atoms. The lowest BCUT2D eigenvalue weighted by Crippen LogP contribution is -2.50. The summed E-state index contributed by atoms with van der Waals surface area (Å²) in [4.78, 5) is 25.9. The van der Waals surface area contributed by atoms with Crippen LogP contribution in [-0.2, 0) is 11.8 Å². The van der Waals surface area contributed by atoms with E-state index >= 15 is 0 Å². The van der Waals surface area contributed by atoms with Crippen molar-refractivity contribution in [3.05, 3.63) is 66.2 Å². The van der Waals surface area contributed by atoms with E-state index in [9.17, 15) is 0 Å². The average Bonchev–Trinajstić information content (AvgIpc) is 3.52. The van der Waals surface area contributed by atoms with Crippen LogP contribution in [0.1, 0.15) is 19.8 Å². The van der Waals surface area contributed by atoms with Crippen LogP contribution in [0.3, 0.4) is 0 Å². The van der Waals surface area contributed by atoms with Crippen LogP contribution < -0.4 is 16.0 Å². The van der Waals surface area contributed by atoms with Crippen LogP contribution in [0.2, 0.25) is 5.02 Å². The standard InChI is InChI=1S/C30H31ClN10OS/c1-18-27(32)30(17-42-18)9-13-41(14-10-30)23-15-36-24(16-35-23)43-22-8-12-33-28(25(22)31)38-29-34-11-7-20(37-29)26-19-5-3-4-6-21(19)40(2)39-26/h3-8,11-12,15-16,18,27H,9-10,13-14,17,32H2,1-2H3,(H,33,34,37,38)/t18-,27+/m0/s1. The molecule has 2 saturated heterocycles. The third-order valence-electron chi connectivity index (χ3n) is 8.50. The summed E-state index contributed by atoms with van der Waals surface area (Å²) in [5.74, 6) is 1.68. The number of pyridine rings is 1. The zero-order valence-corrected chi connectivity index (χ0v) is 25.4. The van der Waals surface area contributed by atoms with Gasteiger partial charge in [0.05, 0.1) is 41.3 Å². The minimum atomic E-state index is 0.0716. The van der Waals surface area contributed by atoms with Gasteiger partial charge in [-0.3, -0.25) is 4.68 Å². The van der Waals surface area contributed by atoms with Crippen molar-refractivity contribution in [3.63, 3.8) is 0 Å². The molecule has 0 radical (unpaired) electrons. The zero-order chi connectivity index (χ0) is 29.6. The zero-order valence-electron chi connectivity index (χ0n) is 23.8. The molecule has 2 fully saturated rings. The lowest BCUT2D eigenvalue weighted by atomic mass is 9.73. The molecule has 0 amide bonds. The number of para-hydroxylation sites is 1. The summed E-state index contributed by atoms with van der Waals surface area (Å²) in [5, 5.41) is 10.0. The Kier molecular flexibility index (Phi) is 7.38. The number of halogens is 1. The number of nitrogens with zero attached hydrogens (tertiary/aromatic N) is 8. The Hall–Kier alpha value is -3.84. The molecule has 0 bridgehead atoms. The predicted molar refractivity (Wildman–Crippen MR) is 168 cm³/mol. The number of nitrogens with two attached hydrogens (primary N) is 1. The number of rotatable bonds is 6. The maximum absolute atomic E-state index is 6.79. The molecule has 4 aromatic heterocycles. The number of benzene rings is 1. The van der Waals surface area contributed by atoms with Gasteiger partial charge in [-0.05, 0) is 38.0 Å². The third kappa shape index (κ3) is 5.29. The molecule has 0 saturated carbocycles. The lowest BCUT2D eigenvalue weighted by molar-refractivity contribution is 0.0974. The highest BCUT2D eigenvalue weighted by molar-refractivity contribution is 7.99. The van der Waals surface area contributed by atoms with Crippen LogP contribution in [0.15, 0.2) is 71.1 Å². The summed E-state index contributed by atoms with van der Waals surface area (Å²) in [5.41, 5.74) is 9.05. The molecule has 7 rings (SSSR count). The minimum absolute atomic E-state index is 0.0716. The van der Waals surface area contributed by atoms with Crippen molar-refractivity contribution in [1.82, 2.24) is 34.7 Å². The summed E-state index contributed by atoms with van der Waals surface area (Å²) < 4.78 is 7.70. The number of fused-ring (bicyclic) bond motifs is 1. The van der Waals surface area contributed by atoms with Crippen molar-refractivity contribution in [2.24, 2.45) is 18.2 Å². The van der Waals surface area contributed by atoms with Gasteiger partial charge in [0.25, 0.3) is 0 Å². The first-order valence-electron chi connectivity index (χ1n) is 14.2. The number of anilines is 3. The first kappa shape index (κ1) is 28.0. The summed E-state index contributed by atoms with van der Waals surface area (Å²) in [7, 11) is 1.92. The Balaban J connectivity index is 1.04. The predicted octanol–water partition coefficient (Wildman–Crippen LogP) is 5.10. The van der Waals surface area contributed by atoms with Gasteiger partial charge in [-0.25, -0.2) is 24.9 Å². The smallest absolute Gasteiger partial charge is 0.228 e. The van der Waals surface area contributed by atoms with Gasteiger partial charge in [-0.2, -0.15) is 5.10 Å². The van der Waals surface area contributed by atoms with E-state index in [1.165, 1.54) is 11.8 Å². The van der Waals surface area contributed by atoms with Crippen molar-refractivity contribution in [3.8, 4) is 11.4 Å². The molecule has 3 N–H and O–H groups in total. The van der Waals surface area contributed by atoms with Gasteiger partial charge < -0.3 is 20.7 Å². The van der Waals surface area contributed by atoms with Gasteiger partial charge in [-0.1, -0.05) is 41.6 Å². The van der Waals surface area contributed by atoms with E-state index < -0.39 is 0 Å². The molecule has 6 heterocycles. The van der Waals surface area contributed by atoms with Gasteiger partial charge in [0.15, 0.2) is 5.82 Å². The van der Waals surface area contributed by atoms with E-state index in [1.807, 2.05) is 54.3 Å². The summed E-state index contributed by atoms with van der Waals surface area (Å²) in [6.45, 7) is 4.58. The number of nitrogens with one attached hydrogen (secondary N) is 1. The Bertz CT molecular complexity index is 1770. The molecule has 2 aliphatic rings. The molecule has 2 atom stereocenters. The highest BCUT2D eigenvalue weighted by Gasteiger charge is 2.47. The van der Waals surface area contributed by atoms with E-state index in [0.29, 0.717) is 22.5 Å². The maximum Gasteiger partial charge on any atom is 0.228 e. The second-order valence-corrected chi connectivity index (χ2v) is 12.5. The highest BCUT2D eigenvalue weighted by Crippen LogP contribution is 2.42. The van der Waals surface area contributed by atoms with Crippen molar-refractivity contribution in [2.45, 2.75) is 41.8 Å². The molecule has 1 spiro atoms. The highest BCUT2D eigenvalue weighted by atomic mass is 35.5. The van der Waals surface area contributed by atoms with Crippen LogP contribution in [0.4, 0.5) is 17.6 Å². The number of piperidine rings is 1. The Morgan fingerprint density at radius 3 is 2.63 bits per heavy atom. The van der Waals surface area contributed by atoms with E-state index in [0.717, 1.165) is 64.9 Å². The molecule has 220 valence electrons. The largest absolute Gasteiger partial charge is 0.376 e. The van der Waals surface area contributed by atoms with E-state index in [4.69, 9.17) is 32.0 Å². The van der Waals surface area contributed by atoms with Gasteiger partial charge in [0.2, 0.25) is 5.95 Å². The van der Waals surface area contributed by atoms with Crippen LogP contribution in [-0.4, -0.2) is 66.5 Å². The van der Waals surface area contributed by atoms with Crippen molar-refractivity contribution >= 4 is 51.8 Å². The number of ether oxygens (including phenoxy) is 1. The summed E-state index contributed by atoms with van der Waals surface area (Å²) >= 11 is 8.21. The summed E-state index contributed by atoms with van der Waals surface area (Å²) in [6, 6.07) is 11.8. The maximum atomic E-state index is 6.79. The first-order chi connectivity index (χ1) is 20.9. The van der Waals surface area contributed by atoms with Crippen molar-refractivity contribution in [2.75, 3.05) is 29.9 Å². The fourth-order valence-corrected chi connectivity index (χ4v) is 6.97. The Morgan fingerprint density at radius 1 is 1.05 bits per heavy atom. The average molecular weight is 615 g/mol. The van der Waals surface area contributed by atoms with Gasteiger partial charge >= 0.3 is 0 Å². The topological polar surface area (TPSA) is 133 Å². The second kappa shape index (κ2) is 11.3. The van der Waals surface area contributed by atoms with Crippen molar-refractivity contribution < 1.29 is 4.74 Å². The van der Waals surface area contributed by atoms with Gasteiger partial charge in [0, 0.05) is 54.3 Å². The summed E-state index contributed by atoms with van der Waals surface area (Å²) in [6.07, 6.45) is 9.08. The van der Waals surface area contributed by atoms with Crippen LogP contribution >= 0.6 is 23.4 Å². The van der Waals surface area contributed by atoms with Crippen LogP contribution in [0.5, 0.6) is 0 Å². The molecule has 5 aromatic rings. The van der Waals surface area contributed by atoms with E-state index in [-0.39, 0.29) is 17.6 Å². The number of aromatic nitrogens is 7. The third-order valence-corrected chi connectivity index (χ3v) is 9.97. The fourth-order valence-electron chi connectivity index (χ4n) is 5.94. The normalized spacial score (nSPS) is 19.8. The number of hydrogen-bond donors (Lipinski definition) is 2. The SMILES string of the molecule is C[C@@H]1OCC2(CCN(c3cnc(Sc4ccnc(Nc5nccc(-c6nn(C)c7ccccc67)n5)c4Cl)cn3)CC2)[C@@H]1N. The molecule has 11 nitrogen and oxygen atoms in total. The molecule has 2 aliphatic heterocycles. The fraction of sp³-hybridized carbons (Fsp3) is 0.333. The molecular formula is C30H31ClN10OS. The monoisotopic (exact) mass is 614 g/mol. The Morgan fingerprint density at radius 2 is 1.86 bits per heavy atom. The minimum Gasteiger partial charge on any atom is -0.376 e. The van der Waals surface area contributed by atoms with Gasteiger partial charge in [0.1, 0.15) is 16.5 Å². The van der Waals surface area contributed by atoms with Gasteiger partial charge in [-0.15, -0.1) is 0 Å². The molecule has 13 heteroatoms. The Labute approximate surface area is 258 Å². The molecule has 0 aliphatic carbocycles. The quantitative estimate of drug-likeness (QED) is 0.265. The molecule has 1 aromatic carbocycles. The second-order valence-electron chi connectivity index (χ2n) is 11.1. The molecular weight excluding hydrogens is 584 g/mol. The lowest BCUT2D eigenvalue weighted by Gasteiger charge is -2.41. The number of aryl methyl sites for hydroxylation is 1. The van der Waals surface area contributed by atoms with Crippen LogP contribution in [0.25, 0.3) is 22.3 Å². The van der Waals surface area contributed by atoms with Crippen LogP contribution in [0, 0.1) is 5.41 Å². The van der Waals surface area contributed by atoms with E-state index in [1.54, 1.807) is 18.6 Å². The first-order valence-corrected chi connectivity index (χ1v) is 15.4. The molecule has 0 unspecified atom stereocenters. The van der Waals surface area contributed by atoms with E-state index in [2.05, 4.69) is 37.2 Å².